The molecule has 18 heavy (non-hydrogen) atoms. The van der Waals surface area contributed by atoms with E-state index in [0.29, 0.717) is 0 Å². The number of amides is 1. The smallest absolute Gasteiger partial charge is 0.230 e. The number of hydrogen-bond acceptors (Lipinski definition) is 3. The van der Waals surface area contributed by atoms with Gasteiger partial charge in [-0.2, -0.15) is 0 Å². The summed E-state index contributed by atoms with van der Waals surface area (Å²) < 4.78 is 0. The number of carbonyl (C=O) groups is 1. The van der Waals surface area contributed by atoms with E-state index in [1.165, 1.54) is 0 Å². The van der Waals surface area contributed by atoms with Crippen molar-refractivity contribution in [1.82, 2.24) is 15.2 Å². The van der Waals surface area contributed by atoms with Gasteiger partial charge in [0, 0.05) is 25.0 Å². The zero-order chi connectivity index (χ0) is 12.6. The molecule has 2 aliphatic rings. The van der Waals surface area contributed by atoms with Crippen molar-refractivity contribution in [3.05, 3.63) is 30.1 Å². The molecule has 0 unspecified atom stereocenters. The fraction of sp³-hybridized carbons (Fsp3) is 0.571. The number of nitrogens with zero attached hydrogens (tertiary/aromatic N) is 2. The van der Waals surface area contributed by atoms with E-state index in [9.17, 15) is 4.79 Å². The number of likely N-dealkylation sites (N-methyl/N-ethyl adjacent to an activating group) is 1. The Morgan fingerprint density at radius 3 is 2.89 bits per heavy atom. The number of nitrogens with one attached hydrogen (secondary N) is 1. The van der Waals surface area contributed by atoms with Gasteiger partial charge in [-0.1, -0.05) is 6.07 Å². The number of carbonyl (C=O) groups excluding carboxylic acids is 1. The molecule has 1 spiro atoms. The van der Waals surface area contributed by atoms with Crippen LogP contribution >= 0.6 is 0 Å². The third kappa shape index (κ3) is 1.72. The Labute approximate surface area is 107 Å². The van der Waals surface area contributed by atoms with Crippen LogP contribution in [-0.2, 0) is 4.79 Å². The van der Waals surface area contributed by atoms with Crippen molar-refractivity contribution >= 4 is 5.91 Å². The molecule has 1 aromatic heterocycles. The van der Waals surface area contributed by atoms with Crippen LogP contribution in [0.3, 0.4) is 0 Å². The largest absolute Gasteiger partial charge is 0.339 e. The summed E-state index contributed by atoms with van der Waals surface area (Å²) in [7, 11) is 1.96. The molecule has 96 valence electrons. The quantitative estimate of drug-likeness (QED) is 0.807. The molecule has 2 saturated heterocycles. The van der Waals surface area contributed by atoms with Gasteiger partial charge in [0.25, 0.3) is 0 Å². The van der Waals surface area contributed by atoms with Crippen molar-refractivity contribution in [3.8, 4) is 0 Å². The number of pyridine rings is 1. The molecule has 1 aromatic rings. The summed E-state index contributed by atoms with van der Waals surface area (Å²) in [6, 6.07) is 3.93. The monoisotopic (exact) mass is 245 g/mol. The Morgan fingerprint density at radius 1 is 1.44 bits per heavy atom. The molecule has 0 saturated carbocycles. The zero-order valence-electron chi connectivity index (χ0n) is 10.7. The first-order valence-corrected chi connectivity index (χ1v) is 6.61. The van der Waals surface area contributed by atoms with Gasteiger partial charge < -0.3 is 10.2 Å². The summed E-state index contributed by atoms with van der Waals surface area (Å²) >= 11 is 0. The SMILES string of the molecule is CN1C(=O)[C@@H](c2cccnc2)CC12CCNCC2. The molecule has 0 radical (unpaired) electrons. The highest BCUT2D eigenvalue weighted by atomic mass is 16.2. The van der Waals surface area contributed by atoms with Gasteiger partial charge >= 0.3 is 0 Å². The standard InChI is InChI=1S/C14H19N3O/c1-17-13(18)12(11-3-2-6-16-10-11)9-14(17)4-7-15-8-5-14/h2-3,6,10,12,15H,4-5,7-9H2,1H3/t12-/m1/s1. The summed E-state index contributed by atoms with van der Waals surface area (Å²) in [6.45, 7) is 2.02. The topological polar surface area (TPSA) is 45.2 Å². The fourth-order valence-corrected chi connectivity index (χ4v) is 3.35. The van der Waals surface area contributed by atoms with Crippen LogP contribution in [0.4, 0.5) is 0 Å². The summed E-state index contributed by atoms with van der Waals surface area (Å²) in [4.78, 5) is 18.6. The van der Waals surface area contributed by atoms with Gasteiger partial charge in [0.2, 0.25) is 5.91 Å². The van der Waals surface area contributed by atoms with Gasteiger partial charge in [-0.15, -0.1) is 0 Å². The zero-order valence-corrected chi connectivity index (χ0v) is 10.7. The van der Waals surface area contributed by atoms with E-state index < -0.39 is 0 Å². The Hall–Kier alpha value is -1.42. The van der Waals surface area contributed by atoms with Crippen molar-refractivity contribution < 1.29 is 4.79 Å². The van der Waals surface area contributed by atoms with Gasteiger partial charge in [0.15, 0.2) is 0 Å². The van der Waals surface area contributed by atoms with Gasteiger partial charge in [0.05, 0.1) is 5.92 Å². The molecule has 1 amide bonds. The lowest BCUT2D eigenvalue weighted by Crippen LogP contribution is -2.50. The second-order valence-electron chi connectivity index (χ2n) is 5.41. The summed E-state index contributed by atoms with van der Waals surface area (Å²) in [5.41, 5.74) is 1.13. The van der Waals surface area contributed by atoms with E-state index >= 15 is 0 Å². The Kier molecular flexibility index (Phi) is 2.82. The van der Waals surface area contributed by atoms with E-state index in [4.69, 9.17) is 0 Å². The molecule has 0 aliphatic carbocycles. The van der Waals surface area contributed by atoms with Gasteiger partial charge in [-0.05, 0) is 44.0 Å². The lowest BCUT2D eigenvalue weighted by atomic mass is 9.82. The molecule has 1 N–H and O–H groups in total. The Balaban J connectivity index is 1.89. The maximum Gasteiger partial charge on any atom is 0.230 e. The van der Waals surface area contributed by atoms with Crippen molar-refractivity contribution in [2.75, 3.05) is 20.1 Å². The third-order valence-corrected chi connectivity index (χ3v) is 4.55. The van der Waals surface area contributed by atoms with Crippen molar-refractivity contribution in [1.29, 1.82) is 0 Å². The van der Waals surface area contributed by atoms with Gasteiger partial charge in [-0.3, -0.25) is 9.78 Å². The summed E-state index contributed by atoms with van der Waals surface area (Å²) in [5, 5.41) is 3.38. The van der Waals surface area contributed by atoms with Crippen LogP contribution in [0.2, 0.25) is 0 Å². The molecule has 2 aliphatic heterocycles. The molecular formula is C14H19N3O. The van der Waals surface area contributed by atoms with Crippen LogP contribution in [0.25, 0.3) is 0 Å². The first-order valence-electron chi connectivity index (χ1n) is 6.61. The molecule has 0 aromatic carbocycles. The third-order valence-electron chi connectivity index (χ3n) is 4.55. The number of hydrogen-bond donors (Lipinski definition) is 1. The van der Waals surface area contributed by atoms with E-state index in [-0.39, 0.29) is 17.4 Å². The van der Waals surface area contributed by atoms with Gasteiger partial charge in [0.1, 0.15) is 0 Å². The second-order valence-corrected chi connectivity index (χ2v) is 5.41. The van der Waals surface area contributed by atoms with Crippen molar-refractivity contribution in [3.63, 3.8) is 0 Å². The van der Waals surface area contributed by atoms with E-state index in [1.807, 2.05) is 30.3 Å². The average molecular weight is 245 g/mol. The molecular weight excluding hydrogens is 226 g/mol. The van der Waals surface area contributed by atoms with Crippen molar-refractivity contribution in [2.45, 2.75) is 30.7 Å². The van der Waals surface area contributed by atoms with Gasteiger partial charge in [-0.25, -0.2) is 0 Å². The van der Waals surface area contributed by atoms with Crippen LogP contribution in [0.1, 0.15) is 30.7 Å². The minimum atomic E-state index is 0.00167. The Bertz CT molecular complexity index is 440. The van der Waals surface area contributed by atoms with Crippen LogP contribution in [0.5, 0.6) is 0 Å². The number of piperidine rings is 1. The predicted octanol–water partition coefficient (Wildman–Crippen LogP) is 1.15. The number of likely N-dealkylation sites (tertiary alicyclic amines) is 1. The van der Waals surface area contributed by atoms with E-state index in [1.54, 1.807) is 6.20 Å². The van der Waals surface area contributed by atoms with Crippen LogP contribution in [0, 0.1) is 0 Å². The molecule has 3 heterocycles. The van der Waals surface area contributed by atoms with Crippen LogP contribution in [-0.4, -0.2) is 41.5 Å². The summed E-state index contributed by atoms with van der Waals surface area (Å²) in [5.74, 6) is 0.256. The normalized spacial score (nSPS) is 26.8. The van der Waals surface area contributed by atoms with E-state index in [2.05, 4.69) is 10.3 Å². The maximum atomic E-state index is 12.5. The average Bonchev–Trinajstić information content (AvgIpc) is 2.67. The minimum absolute atomic E-state index is 0.00167. The van der Waals surface area contributed by atoms with Crippen LogP contribution in [0.15, 0.2) is 24.5 Å². The van der Waals surface area contributed by atoms with Crippen LogP contribution < -0.4 is 5.32 Å². The first-order chi connectivity index (χ1) is 8.73. The van der Waals surface area contributed by atoms with Crippen molar-refractivity contribution in [2.24, 2.45) is 0 Å². The lowest BCUT2D eigenvalue weighted by molar-refractivity contribution is -0.131. The first kappa shape index (κ1) is 11.7. The Morgan fingerprint density at radius 2 is 2.22 bits per heavy atom. The minimum Gasteiger partial charge on any atom is -0.339 e. The highest BCUT2D eigenvalue weighted by Gasteiger charge is 2.49. The maximum absolute atomic E-state index is 12.5. The summed E-state index contributed by atoms with van der Waals surface area (Å²) in [6.07, 6.45) is 6.65. The fourth-order valence-electron chi connectivity index (χ4n) is 3.35. The molecule has 1 atom stereocenters. The highest BCUT2D eigenvalue weighted by Crippen LogP contribution is 2.43. The molecule has 4 heteroatoms. The highest BCUT2D eigenvalue weighted by molar-refractivity contribution is 5.86. The van der Waals surface area contributed by atoms with E-state index in [0.717, 1.165) is 37.9 Å². The second kappa shape index (κ2) is 4.35. The molecule has 0 bridgehead atoms. The predicted molar refractivity (Wildman–Crippen MR) is 69.2 cm³/mol. The molecule has 4 nitrogen and oxygen atoms in total. The molecule has 3 rings (SSSR count). The lowest BCUT2D eigenvalue weighted by Gasteiger charge is -2.39. The number of aromatic nitrogens is 1. The molecule has 2 fully saturated rings. The number of rotatable bonds is 1.